The lowest BCUT2D eigenvalue weighted by Gasteiger charge is -2.19. The van der Waals surface area contributed by atoms with Gasteiger partial charge in [-0.05, 0) is 58.1 Å². The van der Waals surface area contributed by atoms with Crippen LogP contribution in [0, 0.1) is 11.8 Å². The van der Waals surface area contributed by atoms with Gasteiger partial charge < -0.3 is 9.47 Å². The standard InChI is InChI=1S/C21H30O4/c1-14-8-10-17-18(13-24-4)21(23)25-20(17)12-15(2)6-5-7-16(3)19(22)11-9-14/h7,9,12,17-18,20H,5-6,8,10-11,13H2,1-4H3/b14-9+,15-12+,16-7+/t17-,18-,20+/m1/s1. The fourth-order valence-electron chi connectivity index (χ4n) is 3.53. The lowest BCUT2D eigenvalue weighted by molar-refractivity contribution is -0.144. The first-order valence-electron chi connectivity index (χ1n) is 9.14. The summed E-state index contributed by atoms with van der Waals surface area (Å²) in [5, 5.41) is 0. The van der Waals surface area contributed by atoms with Gasteiger partial charge >= 0.3 is 5.97 Å². The minimum atomic E-state index is -0.205. The largest absolute Gasteiger partial charge is 0.458 e. The van der Waals surface area contributed by atoms with Crippen LogP contribution in [0.25, 0.3) is 0 Å². The first-order chi connectivity index (χ1) is 11.9. The number of Topliss-reactive ketones (excluding diaryl/α,β-unsaturated/α-hetero) is 1. The maximum Gasteiger partial charge on any atom is 0.312 e. The summed E-state index contributed by atoms with van der Waals surface area (Å²) in [5.74, 6) is -0.0458. The van der Waals surface area contributed by atoms with Crippen molar-refractivity contribution in [1.82, 2.24) is 0 Å². The second kappa shape index (κ2) is 9.14. The van der Waals surface area contributed by atoms with Crippen molar-refractivity contribution in [3.63, 3.8) is 0 Å². The minimum Gasteiger partial charge on any atom is -0.458 e. The quantitative estimate of drug-likeness (QED) is 0.556. The molecule has 4 nitrogen and oxygen atoms in total. The molecule has 0 amide bonds. The number of ketones is 1. The third kappa shape index (κ3) is 5.40. The van der Waals surface area contributed by atoms with E-state index in [1.54, 1.807) is 7.11 Å². The molecular weight excluding hydrogens is 316 g/mol. The number of carbonyl (C=O) groups is 2. The molecular formula is C21H30O4. The van der Waals surface area contributed by atoms with Crippen LogP contribution in [-0.4, -0.2) is 31.6 Å². The number of allylic oxidation sites excluding steroid dienone is 5. The molecule has 0 aromatic rings. The van der Waals surface area contributed by atoms with Gasteiger partial charge in [-0.2, -0.15) is 0 Å². The van der Waals surface area contributed by atoms with Crippen molar-refractivity contribution in [3.05, 3.63) is 34.9 Å². The van der Waals surface area contributed by atoms with Crippen LogP contribution in [0.5, 0.6) is 0 Å². The van der Waals surface area contributed by atoms with Crippen molar-refractivity contribution >= 4 is 11.8 Å². The van der Waals surface area contributed by atoms with E-state index in [2.05, 4.69) is 19.9 Å². The van der Waals surface area contributed by atoms with Crippen molar-refractivity contribution in [3.8, 4) is 0 Å². The van der Waals surface area contributed by atoms with Gasteiger partial charge in [-0.15, -0.1) is 0 Å². The van der Waals surface area contributed by atoms with Gasteiger partial charge in [0.15, 0.2) is 5.78 Å². The Balaban J connectivity index is 2.25. The number of hydrogen-bond donors (Lipinski definition) is 0. The Hall–Kier alpha value is -1.68. The van der Waals surface area contributed by atoms with E-state index in [9.17, 15) is 9.59 Å². The number of ether oxygens (including phenoxy) is 2. The highest BCUT2D eigenvalue weighted by Crippen LogP contribution is 2.35. The Bertz CT molecular complexity index is 597. The first-order valence-corrected chi connectivity index (χ1v) is 9.14. The molecule has 1 saturated heterocycles. The predicted octanol–water partition coefficient (Wildman–Crippen LogP) is 4.16. The molecule has 0 aromatic heterocycles. The molecule has 138 valence electrons. The fourth-order valence-corrected chi connectivity index (χ4v) is 3.53. The molecule has 0 aromatic carbocycles. The number of fused-ring (bicyclic) bond motifs is 1. The third-order valence-corrected chi connectivity index (χ3v) is 5.23. The van der Waals surface area contributed by atoms with Crippen LogP contribution in [0.4, 0.5) is 0 Å². The second-order valence-corrected chi connectivity index (χ2v) is 7.28. The molecule has 0 unspecified atom stereocenters. The molecule has 1 heterocycles. The Morgan fingerprint density at radius 2 is 1.88 bits per heavy atom. The van der Waals surface area contributed by atoms with E-state index in [-0.39, 0.29) is 29.7 Å². The summed E-state index contributed by atoms with van der Waals surface area (Å²) in [7, 11) is 1.62. The highest BCUT2D eigenvalue weighted by Gasteiger charge is 2.43. The van der Waals surface area contributed by atoms with E-state index in [1.807, 2.05) is 19.1 Å². The lowest BCUT2D eigenvalue weighted by Crippen LogP contribution is -2.24. The van der Waals surface area contributed by atoms with Crippen molar-refractivity contribution in [1.29, 1.82) is 0 Å². The van der Waals surface area contributed by atoms with Gasteiger partial charge in [0.05, 0.1) is 12.5 Å². The van der Waals surface area contributed by atoms with E-state index in [1.165, 1.54) is 11.1 Å². The van der Waals surface area contributed by atoms with Crippen molar-refractivity contribution in [2.24, 2.45) is 11.8 Å². The van der Waals surface area contributed by atoms with Gasteiger partial charge in [0.25, 0.3) is 0 Å². The highest BCUT2D eigenvalue weighted by atomic mass is 16.6. The SMILES string of the molecule is COC[C@H]1C(=O)O[C@H]2/C=C(\C)CC/C=C(\C)C(=O)C/C=C(\C)CC[C@@H]21. The first kappa shape index (κ1) is 19.6. The Morgan fingerprint density at radius 3 is 2.60 bits per heavy atom. The van der Waals surface area contributed by atoms with Crippen molar-refractivity contribution in [2.45, 2.75) is 59.0 Å². The van der Waals surface area contributed by atoms with Crippen LogP contribution >= 0.6 is 0 Å². The molecule has 0 saturated carbocycles. The normalized spacial score (nSPS) is 35.4. The highest BCUT2D eigenvalue weighted by molar-refractivity contribution is 5.95. The van der Waals surface area contributed by atoms with Crippen molar-refractivity contribution < 1.29 is 19.1 Å². The molecule has 1 fully saturated rings. The van der Waals surface area contributed by atoms with Crippen LogP contribution in [0.2, 0.25) is 0 Å². The van der Waals surface area contributed by atoms with E-state index in [0.29, 0.717) is 13.0 Å². The summed E-state index contributed by atoms with van der Waals surface area (Å²) in [5.41, 5.74) is 3.22. The van der Waals surface area contributed by atoms with Crippen LogP contribution in [0.3, 0.4) is 0 Å². The zero-order valence-electron chi connectivity index (χ0n) is 15.8. The average molecular weight is 346 g/mol. The Labute approximate surface area is 151 Å². The second-order valence-electron chi connectivity index (χ2n) is 7.28. The summed E-state index contributed by atoms with van der Waals surface area (Å²) < 4.78 is 10.9. The Kier molecular flexibility index (Phi) is 7.18. The van der Waals surface area contributed by atoms with Gasteiger partial charge in [-0.1, -0.05) is 23.3 Å². The molecule has 0 bridgehead atoms. The fraction of sp³-hybridized carbons (Fsp3) is 0.619. The monoisotopic (exact) mass is 346 g/mol. The molecule has 1 aliphatic heterocycles. The molecule has 1 aliphatic carbocycles. The predicted molar refractivity (Wildman–Crippen MR) is 98.1 cm³/mol. The van der Waals surface area contributed by atoms with Gasteiger partial charge in [0, 0.05) is 19.4 Å². The summed E-state index contributed by atoms with van der Waals surface area (Å²) in [6.07, 6.45) is 9.83. The zero-order chi connectivity index (χ0) is 18.4. The summed E-state index contributed by atoms with van der Waals surface area (Å²) >= 11 is 0. The third-order valence-electron chi connectivity index (χ3n) is 5.23. The zero-order valence-corrected chi connectivity index (χ0v) is 15.8. The minimum absolute atomic E-state index is 0.127. The summed E-state index contributed by atoms with van der Waals surface area (Å²) in [4.78, 5) is 24.4. The van der Waals surface area contributed by atoms with Gasteiger partial charge in [-0.3, -0.25) is 9.59 Å². The van der Waals surface area contributed by atoms with Gasteiger partial charge in [-0.25, -0.2) is 0 Å². The summed E-state index contributed by atoms with van der Waals surface area (Å²) in [6.45, 7) is 6.41. The van der Waals surface area contributed by atoms with Crippen LogP contribution < -0.4 is 0 Å². The number of carbonyl (C=O) groups excluding carboxylic acids is 2. The topological polar surface area (TPSA) is 52.6 Å². The summed E-state index contributed by atoms with van der Waals surface area (Å²) in [6, 6.07) is 0. The molecule has 0 radical (unpaired) electrons. The van der Waals surface area contributed by atoms with E-state index in [4.69, 9.17) is 9.47 Å². The maximum atomic E-state index is 12.2. The number of esters is 1. The maximum absolute atomic E-state index is 12.2. The molecule has 25 heavy (non-hydrogen) atoms. The molecule has 3 atom stereocenters. The molecule has 2 aliphatic rings. The van der Waals surface area contributed by atoms with Crippen LogP contribution in [0.15, 0.2) is 34.9 Å². The number of hydrogen-bond acceptors (Lipinski definition) is 4. The molecule has 2 rings (SSSR count). The van der Waals surface area contributed by atoms with Gasteiger partial charge in [0.1, 0.15) is 6.10 Å². The molecule has 0 N–H and O–H groups in total. The van der Waals surface area contributed by atoms with Crippen LogP contribution in [0.1, 0.15) is 52.9 Å². The number of rotatable bonds is 2. The molecule has 4 heteroatoms. The van der Waals surface area contributed by atoms with Crippen LogP contribution in [-0.2, 0) is 19.1 Å². The van der Waals surface area contributed by atoms with E-state index in [0.717, 1.165) is 31.3 Å². The van der Waals surface area contributed by atoms with Crippen molar-refractivity contribution in [2.75, 3.05) is 13.7 Å². The van der Waals surface area contributed by atoms with E-state index >= 15 is 0 Å². The van der Waals surface area contributed by atoms with Gasteiger partial charge in [0.2, 0.25) is 0 Å². The molecule has 0 spiro atoms. The average Bonchev–Trinajstić information content (AvgIpc) is 2.85. The number of methoxy groups -OCH3 is 1. The smallest absolute Gasteiger partial charge is 0.312 e. The Morgan fingerprint density at radius 1 is 1.12 bits per heavy atom. The van der Waals surface area contributed by atoms with E-state index < -0.39 is 0 Å². The lowest BCUT2D eigenvalue weighted by atomic mass is 9.84.